The molecule has 0 aromatic heterocycles. The normalized spacial score (nSPS) is 24.7. The molecule has 1 atom stereocenters. The molecule has 0 spiro atoms. The third-order valence-corrected chi connectivity index (χ3v) is 2.61. The molecule has 0 aromatic carbocycles. The maximum atomic E-state index is 10.6. The van der Waals surface area contributed by atoms with Crippen molar-refractivity contribution >= 4 is 22.7 Å². The molecule has 0 aliphatic heterocycles. The maximum absolute atomic E-state index is 10.6. The van der Waals surface area contributed by atoms with Gasteiger partial charge in [-0.05, 0) is 6.08 Å². The van der Waals surface area contributed by atoms with Crippen LogP contribution in [0.3, 0.4) is 0 Å². The number of thiol groups is 1. The third kappa shape index (κ3) is 2.26. The van der Waals surface area contributed by atoms with E-state index in [2.05, 4.69) is 12.6 Å². The molecule has 0 amide bonds. The highest BCUT2D eigenvalue weighted by Gasteiger charge is 2.18. The Labute approximate surface area is 76.3 Å². The zero-order valence-corrected chi connectivity index (χ0v) is 7.85. The highest BCUT2D eigenvalue weighted by atomic mass is 32.2. The largest absolute Gasteiger partial charge is 0.402 e. The van der Waals surface area contributed by atoms with E-state index in [1.54, 1.807) is 0 Å². The van der Waals surface area contributed by atoms with Crippen LogP contribution >= 0.6 is 12.6 Å². The fourth-order valence-corrected chi connectivity index (χ4v) is 2.05. The summed E-state index contributed by atoms with van der Waals surface area (Å²) < 4.78 is 29.9. The van der Waals surface area contributed by atoms with Crippen molar-refractivity contribution in [3.8, 4) is 0 Å². The minimum atomic E-state index is -4.14. The molecule has 1 aliphatic rings. The van der Waals surface area contributed by atoms with Crippen LogP contribution in [0.2, 0.25) is 0 Å². The van der Waals surface area contributed by atoms with Crippen LogP contribution in [-0.4, -0.2) is 18.2 Å². The third-order valence-electron chi connectivity index (χ3n) is 1.43. The Hall–Kier alpha value is -0.460. The molecule has 0 heterocycles. The second-order valence-electron chi connectivity index (χ2n) is 2.53. The summed E-state index contributed by atoms with van der Waals surface area (Å²) in [5.41, 5.74) is 5.82. The smallest absolute Gasteiger partial charge is 0.294 e. The topological polar surface area (TPSA) is 80.4 Å². The van der Waals surface area contributed by atoms with E-state index >= 15 is 0 Å². The summed E-state index contributed by atoms with van der Waals surface area (Å²) in [5, 5.41) is -0.244. The van der Waals surface area contributed by atoms with Crippen LogP contribution in [0.5, 0.6) is 0 Å². The van der Waals surface area contributed by atoms with Gasteiger partial charge in [-0.2, -0.15) is 21.0 Å². The first-order valence-electron chi connectivity index (χ1n) is 3.23. The van der Waals surface area contributed by atoms with E-state index in [0.29, 0.717) is 12.1 Å². The summed E-state index contributed by atoms with van der Waals surface area (Å²) in [5.74, 6) is 0. The van der Waals surface area contributed by atoms with Gasteiger partial charge < -0.3 is 5.73 Å². The van der Waals surface area contributed by atoms with Gasteiger partial charge in [0.1, 0.15) is 0 Å². The molecular formula is C6H9NO3S2. The summed E-state index contributed by atoms with van der Waals surface area (Å²) in [6, 6.07) is 0. The molecule has 4 nitrogen and oxygen atoms in total. The molecule has 0 saturated heterocycles. The highest BCUT2D eigenvalue weighted by molar-refractivity contribution is 7.90. The van der Waals surface area contributed by atoms with Crippen LogP contribution in [0.1, 0.15) is 6.42 Å². The quantitative estimate of drug-likeness (QED) is 0.427. The average Bonchev–Trinajstić information content (AvgIpc) is 1.82. The monoisotopic (exact) mass is 207 g/mol. The number of hydrogen-bond donors (Lipinski definition) is 3. The zero-order valence-electron chi connectivity index (χ0n) is 6.14. The predicted molar refractivity (Wildman–Crippen MR) is 49.3 cm³/mol. The van der Waals surface area contributed by atoms with Gasteiger partial charge in [-0.15, -0.1) is 0 Å². The minimum absolute atomic E-state index is 0.175. The van der Waals surface area contributed by atoms with E-state index in [0.717, 1.165) is 0 Å². The molecule has 0 radical (unpaired) electrons. The van der Waals surface area contributed by atoms with Gasteiger partial charge in [0.2, 0.25) is 0 Å². The molecule has 0 saturated carbocycles. The Kier molecular flexibility index (Phi) is 2.50. The second-order valence-corrected chi connectivity index (χ2v) is 4.62. The van der Waals surface area contributed by atoms with E-state index in [9.17, 15) is 8.42 Å². The second kappa shape index (κ2) is 3.12. The van der Waals surface area contributed by atoms with E-state index in [-0.39, 0.29) is 10.2 Å². The number of rotatable bonds is 1. The van der Waals surface area contributed by atoms with Gasteiger partial charge >= 0.3 is 0 Å². The summed E-state index contributed by atoms with van der Waals surface area (Å²) in [4.78, 5) is -0.175. The molecular weight excluding hydrogens is 198 g/mol. The zero-order chi connectivity index (χ0) is 9.35. The predicted octanol–water partition coefficient (Wildman–Crippen LogP) is 0.303. The molecule has 0 bridgehead atoms. The van der Waals surface area contributed by atoms with Crippen molar-refractivity contribution in [2.24, 2.45) is 5.73 Å². The van der Waals surface area contributed by atoms with Crippen LogP contribution < -0.4 is 5.73 Å². The lowest BCUT2D eigenvalue weighted by atomic mass is 10.1. The molecule has 1 rings (SSSR count). The summed E-state index contributed by atoms with van der Waals surface area (Å²) >= 11 is 4.04. The van der Waals surface area contributed by atoms with Crippen molar-refractivity contribution in [1.82, 2.24) is 0 Å². The van der Waals surface area contributed by atoms with E-state index in [1.807, 2.05) is 0 Å². The van der Waals surface area contributed by atoms with E-state index < -0.39 is 10.1 Å². The molecule has 1 aliphatic carbocycles. The molecule has 6 heteroatoms. The Bertz CT molecular complexity index is 342. The van der Waals surface area contributed by atoms with Crippen LogP contribution in [0, 0.1) is 0 Å². The van der Waals surface area contributed by atoms with Crippen LogP contribution in [0.25, 0.3) is 0 Å². The van der Waals surface area contributed by atoms with Crippen LogP contribution in [0.4, 0.5) is 0 Å². The van der Waals surface area contributed by atoms with Crippen molar-refractivity contribution in [1.29, 1.82) is 0 Å². The first-order valence-corrected chi connectivity index (χ1v) is 5.18. The first-order chi connectivity index (χ1) is 5.39. The average molecular weight is 207 g/mol. The lowest BCUT2D eigenvalue weighted by Crippen LogP contribution is -2.14. The molecule has 68 valence electrons. The standard InChI is InChI=1S/C6H9NO3S2/c7-4-1-5(11)3-6(2-4)12(8,9)10/h2-3,5,11H,1,7H2,(H,8,9,10). The van der Waals surface area contributed by atoms with Gasteiger partial charge in [-0.1, -0.05) is 6.08 Å². The minimum Gasteiger partial charge on any atom is -0.402 e. The molecule has 0 aromatic rings. The van der Waals surface area contributed by atoms with Crippen LogP contribution in [0.15, 0.2) is 22.8 Å². The first kappa shape index (κ1) is 9.63. The molecule has 1 unspecified atom stereocenters. The van der Waals surface area contributed by atoms with Crippen molar-refractivity contribution in [3.05, 3.63) is 22.8 Å². The van der Waals surface area contributed by atoms with Gasteiger partial charge in [0.05, 0.1) is 4.91 Å². The summed E-state index contributed by atoms with van der Waals surface area (Å²) in [6.07, 6.45) is 3.10. The van der Waals surface area contributed by atoms with Crippen molar-refractivity contribution in [3.63, 3.8) is 0 Å². The molecule has 12 heavy (non-hydrogen) atoms. The fourth-order valence-electron chi connectivity index (χ4n) is 0.940. The van der Waals surface area contributed by atoms with Gasteiger partial charge in [0, 0.05) is 17.4 Å². The van der Waals surface area contributed by atoms with Crippen LogP contribution in [-0.2, 0) is 10.1 Å². The Balaban J connectivity index is 3.07. The van der Waals surface area contributed by atoms with Crippen molar-refractivity contribution < 1.29 is 13.0 Å². The number of hydrogen-bond acceptors (Lipinski definition) is 4. The van der Waals surface area contributed by atoms with Crippen molar-refractivity contribution in [2.45, 2.75) is 11.7 Å². The van der Waals surface area contributed by atoms with Crippen molar-refractivity contribution in [2.75, 3.05) is 0 Å². The number of allylic oxidation sites excluding steroid dienone is 2. The highest BCUT2D eigenvalue weighted by Crippen LogP contribution is 2.21. The van der Waals surface area contributed by atoms with E-state index in [1.165, 1.54) is 12.2 Å². The Morgan fingerprint density at radius 3 is 2.67 bits per heavy atom. The van der Waals surface area contributed by atoms with Gasteiger partial charge in [0.15, 0.2) is 0 Å². The molecule has 0 fully saturated rings. The SMILES string of the molecule is NC1=CC(S(=O)(=O)O)=CC(S)C1. The number of nitrogens with two attached hydrogens (primary N) is 1. The Morgan fingerprint density at radius 1 is 1.67 bits per heavy atom. The lowest BCUT2D eigenvalue weighted by molar-refractivity contribution is 0.491. The fraction of sp³-hybridized carbons (Fsp3) is 0.333. The summed E-state index contributed by atoms with van der Waals surface area (Å²) in [6.45, 7) is 0. The summed E-state index contributed by atoms with van der Waals surface area (Å²) in [7, 11) is -4.14. The lowest BCUT2D eigenvalue weighted by Gasteiger charge is -2.13. The maximum Gasteiger partial charge on any atom is 0.294 e. The van der Waals surface area contributed by atoms with Gasteiger partial charge in [-0.3, -0.25) is 4.55 Å². The van der Waals surface area contributed by atoms with Gasteiger partial charge in [0.25, 0.3) is 10.1 Å². The Morgan fingerprint density at radius 2 is 2.25 bits per heavy atom. The molecule has 3 N–H and O–H groups in total. The van der Waals surface area contributed by atoms with E-state index in [4.69, 9.17) is 10.3 Å². The van der Waals surface area contributed by atoms with Gasteiger partial charge in [-0.25, -0.2) is 0 Å².